The zero-order valence-electron chi connectivity index (χ0n) is 14.0. The van der Waals surface area contributed by atoms with E-state index in [1.165, 1.54) is 17.9 Å². The average Bonchev–Trinajstić information content (AvgIpc) is 2.52. The summed E-state index contributed by atoms with van der Waals surface area (Å²) in [5, 5.41) is 8.57. The van der Waals surface area contributed by atoms with Crippen LogP contribution < -0.4 is 10.3 Å². The highest BCUT2D eigenvalue weighted by Gasteiger charge is 2.03. The number of anilines is 1. The van der Waals surface area contributed by atoms with Crippen LogP contribution in [0.1, 0.15) is 32.3 Å². The molecule has 0 spiro atoms. The molecule has 0 aliphatic rings. The predicted octanol–water partition coefficient (Wildman–Crippen LogP) is 2.90. The highest BCUT2D eigenvalue weighted by Crippen LogP contribution is 2.19. The Balaban J connectivity index is 2.81. The van der Waals surface area contributed by atoms with Gasteiger partial charge < -0.3 is 10.1 Å². The van der Waals surface area contributed by atoms with Crippen LogP contribution >= 0.6 is 0 Å². The lowest BCUT2D eigenvalue weighted by molar-refractivity contribution is -0.116. The average molecular weight is 303 g/mol. The number of amides is 1. The molecule has 5 nitrogen and oxygen atoms in total. The third-order valence-corrected chi connectivity index (χ3v) is 3.12. The second kappa shape index (κ2) is 8.87. The summed E-state index contributed by atoms with van der Waals surface area (Å²) in [5.74, 6) is 0.703. The fourth-order valence-corrected chi connectivity index (χ4v) is 1.77. The Morgan fingerprint density at radius 3 is 2.50 bits per heavy atom. The number of hydrogen-bond acceptors (Lipinski definition) is 4. The number of nitrogens with one attached hydrogen (secondary N) is 1. The number of rotatable bonds is 7. The van der Waals surface area contributed by atoms with E-state index in [1.54, 1.807) is 12.1 Å². The molecule has 22 heavy (non-hydrogen) atoms. The molecule has 1 aromatic carbocycles. The molecule has 1 aromatic rings. The first-order valence-corrected chi connectivity index (χ1v) is 7.41. The van der Waals surface area contributed by atoms with Gasteiger partial charge in [-0.1, -0.05) is 26.0 Å². The standard InChI is InChI=1S/C17H25N3O2/c1-6-22-16(11-17(21)18-4)12-19-20(5)15-9-7-14(8-10-15)13(2)3/h7-13H,6H2,1-5H3,(H,18,21)/b16-11-,19-12-. The number of carbonyl (C=O) groups excluding carboxylic acids is 1. The molecule has 0 heterocycles. The quantitative estimate of drug-likeness (QED) is 0.365. The van der Waals surface area contributed by atoms with Crippen LogP contribution in [-0.2, 0) is 9.53 Å². The van der Waals surface area contributed by atoms with Crippen molar-refractivity contribution < 1.29 is 9.53 Å². The summed E-state index contributed by atoms with van der Waals surface area (Å²) >= 11 is 0. The van der Waals surface area contributed by atoms with Gasteiger partial charge in [-0.3, -0.25) is 9.80 Å². The van der Waals surface area contributed by atoms with E-state index in [2.05, 4.69) is 36.4 Å². The Morgan fingerprint density at radius 2 is 2.00 bits per heavy atom. The zero-order chi connectivity index (χ0) is 16.5. The maximum Gasteiger partial charge on any atom is 0.247 e. The number of likely N-dealkylation sites (N-methyl/N-ethyl adjacent to an activating group) is 1. The summed E-state index contributed by atoms with van der Waals surface area (Å²) in [6, 6.07) is 8.23. The number of carbonyl (C=O) groups is 1. The predicted molar refractivity (Wildman–Crippen MR) is 91.2 cm³/mol. The van der Waals surface area contributed by atoms with Crippen LogP contribution in [0.2, 0.25) is 0 Å². The molecular weight excluding hydrogens is 278 g/mol. The molecule has 0 radical (unpaired) electrons. The van der Waals surface area contributed by atoms with Gasteiger partial charge in [0.1, 0.15) is 5.76 Å². The van der Waals surface area contributed by atoms with Gasteiger partial charge in [0.15, 0.2) is 0 Å². The molecule has 5 heteroatoms. The largest absolute Gasteiger partial charge is 0.492 e. The van der Waals surface area contributed by atoms with E-state index in [4.69, 9.17) is 4.74 Å². The van der Waals surface area contributed by atoms with E-state index < -0.39 is 0 Å². The third kappa shape index (κ3) is 5.60. The van der Waals surface area contributed by atoms with Crippen LogP contribution in [0.25, 0.3) is 0 Å². The minimum Gasteiger partial charge on any atom is -0.492 e. The third-order valence-electron chi connectivity index (χ3n) is 3.12. The van der Waals surface area contributed by atoms with Gasteiger partial charge in [-0.05, 0) is 30.5 Å². The number of nitrogens with zero attached hydrogens (tertiary/aromatic N) is 2. The number of ether oxygens (including phenoxy) is 1. The van der Waals surface area contributed by atoms with Gasteiger partial charge in [0, 0.05) is 20.2 Å². The van der Waals surface area contributed by atoms with Gasteiger partial charge in [0.05, 0.1) is 18.5 Å². The highest BCUT2D eigenvalue weighted by molar-refractivity contribution is 5.93. The van der Waals surface area contributed by atoms with Gasteiger partial charge in [-0.2, -0.15) is 5.10 Å². The summed E-state index contributed by atoms with van der Waals surface area (Å²) in [5.41, 5.74) is 2.26. The maximum absolute atomic E-state index is 11.4. The van der Waals surface area contributed by atoms with Gasteiger partial charge in [-0.25, -0.2) is 0 Å². The first-order chi connectivity index (χ1) is 10.5. The second-order valence-electron chi connectivity index (χ2n) is 5.11. The van der Waals surface area contributed by atoms with Crippen molar-refractivity contribution in [2.24, 2.45) is 5.10 Å². The summed E-state index contributed by atoms with van der Waals surface area (Å²) in [6.07, 6.45) is 2.91. The molecule has 0 bridgehead atoms. The van der Waals surface area contributed by atoms with Gasteiger partial charge in [0.2, 0.25) is 5.91 Å². The SMILES string of the molecule is CCOC(/C=N\N(C)c1ccc(C(C)C)cc1)=C\C(=O)NC. The summed E-state index contributed by atoms with van der Waals surface area (Å²) in [6.45, 7) is 6.66. The Morgan fingerprint density at radius 1 is 1.36 bits per heavy atom. The van der Waals surface area contributed by atoms with Crippen molar-refractivity contribution in [3.05, 3.63) is 41.7 Å². The molecule has 0 fully saturated rings. The van der Waals surface area contributed by atoms with Crippen molar-refractivity contribution in [2.75, 3.05) is 25.7 Å². The Bertz CT molecular complexity index is 533. The normalized spacial score (nSPS) is 11.8. The van der Waals surface area contributed by atoms with Crippen molar-refractivity contribution >= 4 is 17.8 Å². The molecule has 0 saturated heterocycles. The van der Waals surface area contributed by atoms with Crippen LogP contribution in [0.4, 0.5) is 5.69 Å². The van der Waals surface area contributed by atoms with E-state index in [0.717, 1.165) is 5.69 Å². The van der Waals surface area contributed by atoms with Crippen LogP contribution in [0.3, 0.4) is 0 Å². The van der Waals surface area contributed by atoms with Crippen LogP contribution in [-0.4, -0.2) is 32.8 Å². The van der Waals surface area contributed by atoms with E-state index in [9.17, 15) is 4.79 Å². The topological polar surface area (TPSA) is 53.9 Å². The molecule has 1 amide bonds. The van der Waals surface area contributed by atoms with E-state index >= 15 is 0 Å². The molecule has 0 unspecified atom stereocenters. The fourth-order valence-electron chi connectivity index (χ4n) is 1.77. The first kappa shape index (κ1) is 17.8. The van der Waals surface area contributed by atoms with E-state index in [1.807, 2.05) is 26.1 Å². The summed E-state index contributed by atoms with van der Waals surface area (Å²) < 4.78 is 5.38. The number of benzene rings is 1. The Labute approximate surface area is 132 Å². The van der Waals surface area contributed by atoms with Crippen LogP contribution in [0, 0.1) is 0 Å². The maximum atomic E-state index is 11.4. The Kier molecular flexibility index (Phi) is 7.16. The minimum absolute atomic E-state index is 0.223. The summed E-state index contributed by atoms with van der Waals surface area (Å²) in [4.78, 5) is 11.4. The lowest BCUT2D eigenvalue weighted by atomic mass is 10.0. The fraction of sp³-hybridized carbons (Fsp3) is 0.412. The molecule has 0 atom stereocenters. The first-order valence-electron chi connectivity index (χ1n) is 7.41. The number of allylic oxidation sites excluding steroid dienone is 1. The lowest BCUT2D eigenvalue weighted by Crippen LogP contribution is -2.16. The Hall–Kier alpha value is -2.30. The molecule has 0 aliphatic carbocycles. The highest BCUT2D eigenvalue weighted by atomic mass is 16.5. The van der Waals surface area contributed by atoms with Crippen molar-refractivity contribution in [3.8, 4) is 0 Å². The summed E-state index contributed by atoms with van der Waals surface area (Å²) in [7, 11) is 3.42. The second-order valence-corrected chi connectivity index (χ2v) is 5.11. The smallest absolute Gasteiger partial charge is 0.247 e. The molecule has 120 valence electrons. The van der Waals surface area contributed by atoms with Gasteiger partial charge in [0.25, 0.3) is 0 Å². The zero-order valence-corrected chi connectivity index (χ0v) is 14.0. The van der Waals surface area contributed by atoms with Crippen LogP contribution in [0.15, 0.2) is 41.2 Å². The van der Waals surface area contributed by atoms with Crippen molar-refractivity contribution in [1.29, 1.82) is 0 Å². The molecule has 0 aromatic heterocycles. The number of hydrogen-bond donors (Lipinski definition) is 1. The molecule has 0 saturated carbocycles. The molecule has 0 aliphatic heterocycles. The van der Waals surface area contributed by atoms with Crippen molar-refractivity contribution in [1.82, 2.24) is 5.32 Å². The van der Waals surface area contributed by atoms with Crippen molar-refractivity contribution in [3.63, 3.8) is 0 Å². The van der Waals surface area contributed by atoms with Crippen molar-refractivity contribution in [2.45, 2.75) is 26.7 Å². The van der Waals surface area contributed by atoms with Gasteiger partial charge >= 0.3 is 0 Å². The van der Waals surface area contributed by atoms with Gasteiger partial charge in [-0.15, -0.1) is 0 Å². The van der Waals surface area contributed by atoms with Crippen LogP contribution in [0.5, 0.6) is 0 Å². The minimum atomic E-state index is -0.223. The van der Waals surface area contributed by atoms with E-state index in [-0.39, 0.29) is 5.91 Å². The number of hydrazone groups is 1. The lowest BCUT2D eigenvalue weighted by Gasteiger charge is -2.14. The monoisotopic (exact) mass is 303 g/mol. The molecular formula is C17H25N3O2. The molecule has 1 N–H and O–H groups in total. The molecule has 1 rings (SSSR count). The van der Waals surface area contributed by atoms with E-state index in [0.29, 0.717) is 18.3 Å².